The highest BCUT2D eigenvalue weighted by atomic mass is 35.5. The number of rotatable bonds is 5. The van der Waals surface area contributed by atoms with Crippen LogP contribution in [0.25, 0.3) is 0 Å². The van der Waals surface area contributed by atoms with Crippen molar-refractivity contribution in [3.63, 3.8) is 0 Å². The van der Waals surface area contributed by atoms with Gasteiger partial charge in [-0.15, -0.1) is 0 Å². The second-order valence-corrected chi connectivity index (χ2v) is 12.1. The van der Waals surface area contributed by atoms with E-state index in [0.29, 0.717) is 24.2 Å². The van der Waals surface area contributed by atoms with E-state index in [1.165, 1.54) is 56.4 Å². The maximum Gasteiger partial charge on any atom is 0.415 e. The molecule has 5 rings (SSSR count). The first-order chi connectivity index (χ1) is 18.7. The average molecular weight is 556 g/mol. The van der Waals surface area contributed by atoms with Crippen molar-refractivity contribution in [3.8, 4) is 5.75 Å². The van der Waals surface area contributed by atoms with E-state index in [1.54, 1.807) is 11.9 Å². The molecule has 2 amide bonds. The van der Waals surface area contributed by atoms with Gasteiger partial charge in [-0.25, -0.2) is 9.18 Å². The molecule has 2 atom stereocenters. The summed E-state index contributed by atoms with van der Waals surface area (Å²) in [5.74, 6) is 0.0703. The fourth-order valence-electron chi connectivity index (χ4n) is 6.83. The molecule has 2 aliphatic heterocycles. The van der Waals surface area contributed by atoms with Crippen LogP contribution >= 0.6 is 11.6 Å². The molecular formula is C31H39ClFN3O3. The predicted molar refractivity (Wildman–Crippen MR) is 151 cm³/mol. The van der Waals surface area contributed by atoms with Crippen LogP contribution < -0.4 is 4.74 Å². The lowest BCUT2D eigenvalue weighted by Gasteiger charge is -2.39. The third kappa shape index (κ3) is 6.09. The quantitative estimate of drug-likeness (QED) is 0.446. The van der Waals surface area contributed by atoms with Crippen molar-refractivity contribution in [1.29, 1.82) is 0 Å². The van der Waals surface area contributed by atoms with Crippen LogP contribution in [0.5, 0.6) is 5.75 Å². The van der Waals surface area contributed by atoms with Crippen LogP contribution in [0.15, 0.2) is 48.5 Å². The number of piperidine rings is 1. The van der Waals surface area contributed by atoms with Gasteiger partial charge in [-0.05, 0) is 80.7 Å². The first-order valence-corrected chi connectivity index (χ1v) is 14.6. The summed E-state index contributed by atoms with van der Waals surface area (Å²) >= 11 is 6.18. The molecule has 210 valence electrons. The Morgan fingerprint density at radius 3 is 2.26 bits per heavy atom. The second kappa shape index (κ2) is 11.8. The molecule has 0 spiro atoms. The van der Waals surface area contributed by atoms with Crippen molar-refractivity contribution in [2.24, 2.45) is 5.92 Å². The van der Waals surface area contributed by atoms with Crippen LogP contribution in [0.3, 0.4) is 0 Å². The Labute approximate surface area is 236 Å². The summed E-state index contributed by atoms with van der Waals surface area (Å²) in [6.07, 6.45) is 7.78. The molecule has 2 heterocycles. The largest absolute Gasteiger partial charge is 0.415 e. The number of ether oxygens (including phenoxy) is 1. The Balaban J connectivity index is 1.30. The molecule has 3 fully saturated rings. The lowest BCUT2D eigenvalue weighted by Crippen LogP contribution is -2.50. The molecule has 39 heavy (non-hydrogen) atoms. The number of nitrogens with zero attached hydrogens (tertiary/aromatic N) is 3. The lowest BCUT2D eigenvalue weighted by atomic mass is 9.77. The zero-order valence-corrected chi connectivity index (χ0v) is 23.7. The molecular weight excluding hydrogens is 517 g/mol. The number of carbonyl (C=O) groups excluding carboxylic acids is 2. The molecule has 2 saturated heterocycles. The molecule has 2 aromatic rings. The molecule has 0 radical (unpaired) electrons. The van der Waals surface area contributed by atoms with E-state index in [4.69, 9.17) is 16.3 Å². The molecule has 1 aliphatic carbocycles. The first kappa shape index (κ1) is 27.9. The fraction of sp³-hybridized carbons (Fsp3) is 0.548. The topological polar surface area (TPSA) is 53.1 Å². The molecule has 0 bridgehead atoms. The molecule has 6 nitrogen and oxygen atoms in total. The highest BCUT2D eigenvalue weighted by Gasteiger charge is 2.50. The summed E-state index contributed by atoms with van der Waals surface area (Å²) in [7, 11) is 1.71. The normalized spacial score (nSPS) is 25.0. The van der Waals surface area contributed by atoms with Crippen LogP contribution in [0.2, 0.25) is 5.02 Å². The van der Waals surface area contributed by atoms with E-state index in [2.05, 4.69) is 11.8 Å². The maximum atomic E-state index is 13.8. The van der Waals surface area contributed by atoms with E-state index in [9.17, 15) is 14.0 Å². The molecule has 2 aromatic carbocycles. The van der Waals surface area contributed by atoms with Gasteiger partial charge in [-0.1, -0.05) is 49.9 Å². The van der Waals surface area contributed by atoms with Gasteiger partial charge in [0.2, 0.25) is 5.91 Å². The molecule has 2 unspecified atom stereocenters. The van der Waals surface area contributed by atoms with E-state index < -0.39 is 17.3 Å². The zero-order chi connectivity index (χ0) is 27.6. The van der Waals surface area contributed by atoms with Gasteiger partial charge in [0.05, 0.1) is 6.04 Å². The van der Waals surface area contributed by atoms with E-state index >= 15 is 0 Å². The zero-order valence-electron chi connectivity index (χ0n) is 23.0. The van der Waals surface area contributed by atoms with E-state index in [0.717, 1.165) is 31.5 Å². The van der Waals surface area contributed by atoms with Gasteiger partial charge in [0.15, 0.2) is 0 Å². The number of likely N-dealkylation sites (N-methyl/N-ethyl adjacent to an activating group) is 1. The van der Waals surface area contributed by atoms with Crippen LogP contribution in [-0.2, 0) is 10.2 Å². The van der Waals surface area contributed by atoms with Gasteiger partial charge >= 0.3 is 6.09 Å². The average Bonchev–Trinajstić information content (AvgIpc) is 3.32. The smallest absolute Gasteiger partial charge is 0.410 e. The Morgan fingerprint density at radius 1 is 0.974 bits per heavy atom. The highest BCUT2D eigenvalue weighted by molar-refractivity contribution is 6.30. The van der Waals surface area contributed by atoms with Crippen molar-refractivity contribution in [3.05, 3.63) is 64.9 Å². The SMILES string of the molecule is CN(C(=O)Oc1ccc(F)cc1)C1CN(C(=O)C2CCN(C3CCCCC3)CC2)CC1(C)c1ccc(Cl)cc1. The lowest BCUT2D eigenvalue weighted by molar-refractivity contribution is -0.136. The number of amides is 2. The monoisotopic (exact) mass is 555 g/mol. The summed E-state index contributed by atoms with van der Waals surface area (Å²) < 4.78 is 18.9. The molecule has 8 heteroatoms. The van der Waals surface area contributed by atoms with Gasteiger partial charge in [0.25, 0.3) is 0 Å². The minimum absolute atomic E-state index is 0.00883. The van der Waals surface area contributed by atoms with Crippen LogP contribution in [0.1, 0.15) is 57.4 Å². The number of hydrogen-bond acceptors (Lipinski definition) is 4. The summed E-state index contributed by atoms with van der Waals surface area (Å²) in [5.41, 5.74) is 0.500. The number of benzene rings is 2. The Bertz CT molecular complexity index is 1150. The van der Waals surface area contributed by atoms with Gasteiger partial charge in [0, 0.05) is 42.5 Å². The summed E-state index contributed by atoms with van der Waals surface area (Å²) in [6.45, 7) is 5.00. The third-order valence-electron chi connectivity index (χ3n) is 9.21. The van der Waals surface area contributed by atoms with Crippen LogP contribution in [-0.4, -0.2) is 72.0 Å². The molecule has 0 N–H and O–H groups in total. The van der Waals surface area contributed by atoms with Crippen molar-refractivity contribution >= 4 is 23.6 Å². The van der Waals surface area contributed by atoms with Gasteiger partial charge in [-0.2, -0.15) is 0 Å². The number of halogens is 2. The van der Waals surface area contributed by atoms with Crippen molar-refractivity contribution < 1.29 is 18.7 Å². The van der Waals surface area contributed by atoms with Crippen molar-refractivity contribution in [2.75, 3.05) is 33.2 Å². The Morgan fingerprint density at radius 2 is 1.62 bits per heavy atom. The van der Waals surface area contributed by atoms with Crippen LogP contribution in [0, 0.1) is 11.7 Å². The minimum atomic E-state index is -0.540. The molecule has 1 saturated carbocycles. The Hall–Kier alpha value is -2.64. The summed E-state index contributed by atoms with van der Waals surface area (Å²) in [6, 6.07) is 13.4. The van der Waals surface area contributed by atoms with Gasteiger partial charge < -0.3 is 19.4 Å². The molecule has 3 aliphatic rings. The fourth-order valence-corrected chi connectivity index (χ4v) is 6.95. The maximum absolute atomic E-state index is 13.8. The number of hydrogen-bond donors (Lipinski definition) is 0. The summed E-state index contributed by atoms with van der Waals surface area (Å²) in [5, 5.41) is 0.638. The van der Waals surface area contributed by atoms with E-state index in [1.807, 2.05) is 29.2 Å². The van der Waals surface area contributed by atoms with Crippen molar-refractivity contribution in [2.45, 2.75) is 69.4 Å². The first-order valence-electron chi connectivity index (χ1n) is 14.2. The van der Waals surface area contributed by atoms with Gasteiger partial charge in [-0.3, -0.25) is 4.79 Å². The number of carbonyl (C=O) groups is 2. The predicted octanol–water partition coefficient (Wildman–Crippen LogP) is 6.12. The third-order valence-corrected chi connectivity index (χ3v) is 9.46. The highest BCUT2D eigenvalue weighted by Crippen LogP contribution is 2.39. The second-order valence-electron chi connectivity index (χ2n) is 11.7. The Kier molecular flexibility index (Phi) is 8.48. The minimum Gasteiger partial charge on any atom is -0.410 e. The standard InChI is InChI=1S/C31H39ClFN3O3/c1-31(23-8-10-24(32)11-9-23)21-36(20-28(31)34(2)30(38)39-27-14-12-25(33)13-15-27)29(37)22-16-18-35(19-17-22)26-6-4-3-5-7-26/h8-15,22,26,28H,3-7,16-21H2,1-2H3. The number of likely N-dealkylation sites (tertiary alicyclic amines) is 2. The van der Waals surface area contributed by atoms with Crippen molar-refractivity contribution in [1.82, 2.24) is 14.7 Å². The van der Waals surface area contributed by atoms with Crippen LogP contribution in [0.4, 0.5) is 9.18 Å². The summed E-state index contributed by atoms with van der Waals surface area (Å²) in [4.78, 5) is 33.2. The van der Waals surface area contributed by atoms with E-state index in [-0.39, 0.29) is 23.6 Å². The molecule has 0 aromatic heterocycles. The van der Waals surface area contributed by atoms with Gasteiger partial charge in [0.1, 0.15) is 11.6 Å².